The normalized spacial score (nSPS) is 21.2. The van der Waals surface area contributed by atoms with E-state index in [1.165, 1.54) is 17.5 Å². The van der Waals surface area contributed by atoms with E-state index in [-0.39, 0.29) is 18.6 Å². The van der Waals surface area contributed by atoms with Gasteiger partial charge in [0.1, 0.15) is 6.54 Å². The quantitative estimate of drug-likeness (QED) is 0.843. The number of hydrogen-bond acceptors (Lipinski definition) is 2. The Morgan fingerprint density at radius 2 is 2.06 bits per heavy atom. The Morgan fingerprint density at radius 3 is 2.67 bits per heavy atom. The summed E-state index contributed by atoms with van der Waals surface area (Å²) >= 11 is 0. The van der Waals surface area contributed by atoms with Crippen molar-refractivity contribution in [2.45, 2.75) is 18.4 Å². The van der Waals surface area contributed by atoms with Gasteiger partial charge in [-0.25, -0.2) is 4.79 Å². The smallest absolute Gasteiger partial charge is 0.323 e. The number of likely N-dealkylation sites (N-methyl/N-ethyl adjacent to an activating group) is 1. The first kappa shape index (κ1) is 12.4. The van der Waals surface area contributed by atoms with Crippen molar-refractivity contribution in [3.05, 3.63) is 35.9 Å². The number of amides is 2. The highest BCUT2D eigenvalue weighted by Crippen LogP contribution is 2.40. The molecule has 0 aromatic heterocycles. The van der Waals surface area contributed by atoms with Crippen molar-refractivity contribution in [2.75, 3.05) is 13.6 Å². The van der Waals surface area contributed by atoms with Gasteiger partial charge in [0.25, 0.3) is 0 Å². The molecule has 1 aliphatic rings. The molecule has 1 aromatic rings. The summed E-state index contributed by atoms with van der Waals surface area (Å²) in [6.07, 6.45) is 0.913. The van der Waals surface area contributed by atoms with Gasteiger partial charge in [-0.15, -0.1) is 0 Å². The minimum absolute atomic E-state index is 0.121. The zero-order valence-corrected chi connectivity index (χ0v) is 10.2. The number of nitrogens with one attached hydrogen (secondary N) is 1. The summed E-state index contributed by atoms with van der Waals surface area (Å²) in [5.74, 6) is -0.656. The lowest BCUT2D eigenvalue weighted by Crippen LogP contribution is -2.41. The molecule has 0 spiro atoms. The second kappa shape index (κ2) is 5.08. The lowest BCUT2D eigenvalue weighted by atomic mass is 10.1. The van der Waals surface area contributed by atoms with Crippen LogP contribution in [0.15, 0.2) is 30.3 Å². The Kier molecular flexibility index (Phi) is 3.50. The number of urea groups is 1. The van der Waals surface area contributed by atoms with Crippen LogP contribution in [0.1, 0.15) is 17.9 Å². The van der Waals surface area contributed by atoms with E-state index < -0.39 is 5.97 Å². The third kappa shape index (κ3) is 3.00. The van der Waals surface area contributed by atoms with Gasteiger partial charge in [0.15, 0.2) is 0 Å². The first-order chi connectivity index (χ1) is 8.58. The van der Waals surface area contributed by atoms with E-state index >= 15 is 0 Å². The second-order valence-electron chi connectivity index (χ2n) is 4.56. The SMILES string of the molecule is CN(CC(=O)O)C(=O)N[C@H]1C[C@H]1c1ccccc1. The molecule has 96 valence electrons. The van der Waals surface area contributed by atoms with Crippen molar-refractivity contribution in [1.82, 2.24) is 10.2 Å². The van der Waals surface area contributed by atoms with Gasteiger partial charge in [-0.05, 0) is 12.0 Å². The minimum atomic E-state index is -1.01. The molecule has 0 bridgehead atoms. The number of rotatable bonds is 4. The predicted molar refractivity (Wildman–Crippen MR) is 66.4 cm³/mol. The zero-order valence-electron chi connectivity index (χ0n) is 10.2. The van der Waals surface area contributed by atoms with E-state index in [2.05, 4.69) is 5.32 Å². The van der Waals surface area contributed by atoms with Crippen LogP contribution >= 0.6 is 0 Å². The maximum absolute atomic E-state index is 11.7. The fourth-order valence-corrected chi connectivity index (χ4v) is 1.97. The molecule has 5 nitrogen and oxygen atoms in total. The van der Waals surface area contributed by atoms with Crippen LogP contribution in [0.4, 0.5) is 4.79 Å². The van der Waals surface area contributed by atoms with Crippen molar-refractivity contribution in [2.24, 2.45) is 0 Å². The summed E-state index contributed by atoms with van der Waals surface area (Å²) in [4.78, 5) is 23.3. The molecule has 0 radical (unpaired) electrons. The number of nitrogens with zero attached hydrogens (tertiary/aromatic N) is 1. The molecule has 1 saturated carbocycles. The molecule has 0 heterocycles. The van der Waals surface area contributed by atoms with E-state index in [4.69, 9.17) is 5.11 Å². The average molecular weight is 248 g/mol. The molecule has 0 unspecified atom stereocenters. The van der Waals surface area contributed by atoms with E-state index in [0.29, 0.717) is 5.92 Å². The summed E-state index contributed by atoms with van der Waals surface area (Å²) in [5, 5.41) is 11.4. The van der Waals surface area contributed by atoms with Gasteiger partial charge in [0, 0.05) is 19.0 Å². The van der Waals surface area contributed by atoms with Gasteiger partial charge in [-0.1, -0.05) is 30.3 Å². The van der Waals surface area contributed by atoms with Crippen LogP contribution in [-0.2, 0) is 4.79 Å². The highest BCUT2D eigenvalue weighted by atomic mass is 16.4. The van der Waals surface area contributed by atoms with Crippen LogP contribution in [0.25, 0.3) is 0 Å². The topological polar surface area (TPSA) is 69.6 Å². The van der Waals surface area contributed by atoms with Crippen LogP contribution in [0.5, 0.6) is 0 Å². The largest absolute Gasteiger partial charge is 0.480 e. The number of aliphatic carboxylic acids is 1. The van der Waals surface area contributed by atoms with Crippen molar-refractivity contribution in [1.29, 1.82) is 0 Å². The van der Waals surface area contributed by atoms with Gasteiger partial charge < -0.3 is 15.3 Å². The average Bonchev–Trinajstić information content (AvgIpc) is 3.08. The van der Waals surface area contributed by atoms with Gasteiger partial charge in [0.2, 0.25) is 0 Å². The molecule has 2 amide bonds. The molecular weight excluding hydrogens is 232 g/mol. The standard InChI is InChI=1S/C13H16N2O3/c1-15(8-12(16)17)13(18)14-11-7-10(11)9-5-3-2-4-6-9/h2-6,10-11H,7-8H2,1H3,(H,14,18)(H,16,17)/t10-,11-/m0/s1. The molecular formula is C13H16N2O3. The first-order valence-corrected chi connectivity index (χ1v) is 5.86. The third-order valence-electron chi connectivity index (χ3n) is 3.05. The summed E-state index contributed by atoms with van der Waals surface area (Å²) in [6, 6.07) is 9.78. The van der Waals surface area contributed by atoms with Crippen LogP contribution < -0.4 is 5.32 Å². The Bertz CT molecular complexity index is 447. The van der Waals surface area contributed by atoms with Crippen molar-refractivity contribution in [3.63, 3.8) is 0 Å². The van der Waals surface area contributed by atoms with Gasteiger partial charge in [-0.2, -0.15) is 0 Å². The van der Waals surface area contributed by atoms with Gasteiger partial charge in [0.05, 0.1) is 0 Å². The highest BCUT2D eigenvalue weighted by Gasteiger charge is 2.39. The maximum Gasteiger partial charge on any atom is 0.323 e. The van der Waals surface area contributed by atoms with E-state index in [0.717, 1.165) is 6.42 Å². The molecule has 2 N–H and O–H groups in total. The van der Waals surface area contributed by atoms with Crippen LogP contribution in [0.2, 0.25) is 0 Å². The summed E-state index contributed by atoms with van der Waals surface area (Å²) in [7, 11) is 1.48. The van der Waals surface area contributed by atoms with E-state index in [9.17, 15) is 9.59 Å². The van der Waals surface area contributed by atoms with Gasteiger partial charge >= 0.3 is 12.0 Å². The van der Waals surface area contributed by atoms with Crippen LogP contribution in [0.3, 0.4) is 0 Å². The highest BCUT2D eigenvalue weighted by molar-refractivity contribution is 5.80. The number of benzene rings is 1. The number of carbonyl (C=O) groups is 2. The summed E-state index contributed by atoms with van der Waals surface area (Å²) in [6.45, 7) is -0.283. The summed E-state index contributed by atoms with van der Waals surface area (Å²) in [5.41, 5.74) is 1.21. The van der Waals surface area contributed by atoms with Gasteiger partial charge in [-0.3, -0.25) is 4.79 Å². The number of carboxylic acids is 1. The minimum Gasteiger partial charge on any atom is -0.480 e. The molecule has 2 rings (SSSR count). The molecule has 0 aliphatic heterocycles. The summed E-state index contributed by atoms with van der Waals surface area (Å²) < 4.78 is 0. The van der Waals surface area contributed by atoms with Crippen molar-refractivity contribution >= 4 is 12.0 Å². The van der Waals surface area contributed by atoms with Crippen LogP contribution in [0, 0.1) is 0 Å². The number of carbonyl (C=O) groups excluding carboxylic acids is 1. The first-order valence-electron chi connectivity index (χ1n) is 5.86. The molecule has 0 saturated heterocycles. The lowest BCUT2D eigenvalue weighted by molar-refractivity contribution is -0.137. The number of hydrogen-bond donors (Lipinski definition) is 2. The molecule has 1 aliphatic carbocycles. The Morgan fingerprint density at radius 1 is 1.39 bits per heavy atom. The van der Waals surface area contributed by atoms with Crippen molar-refractivity contribution < 1.29 is 14.7 Å². The lowest BCUT2D eigenvalue weighted by Gasteiger charge is -2.15. The maximum atomic E-state index is 11.7. The third-order valence-corrected chi connectivity index (χ3v) is 3.05. The Balaban J connectivity index is 1.83. The van der Waals surface area contributed by atoms with Crippen molar-refractivity contribution in [3.8, 4) is 0 Å². The predicted octanol–water partition coefficient (Wildman–Crippen LogP) is 1.27. The second-order valence-corrected chi connectivity index (χ2v) is 4.56. The molecule has 1 fully saturated rings. The Hall–Kier alpha value is -2.04. The molecule has 2 atom stereocenters. The fraction of sp³-hybridized carbons (Fsp3) is 0.385. The number of carboxylic acid groups (broad SMARTS) is 1. The monoisotopic (exact) mass is 248 g/mol. The molecule has 1 aromatic carbocycles. The fourth-order valence-electron chi connectivity index (χ4n) is 1.97. The molecule has 18 heavy (non-hydrogen) atoms. The van der Waals surface area contributed by atoms with E-state index in [1.54, 1.807) is 0 Å². The Labute approximate surface area is 105 Å². The zero-order chi connectivity index (χ0) is 13.1. The van der Waals surface area contributed by atoms with Crippen LogP contribution in [-0.4, -0.2) is 41.6 Å². The van der Waals surface area contributed by atoms with E-state index in [1.807, 2.05) is 30.3 Å². The molecule has 5 heteroatoms.